The molecule has 2 heterocycles. The Morgan fingerprint density at radius 1 is 1.29 bits per heavy atom. The molecule has 1 N–H and O–H groups in total. The molecule has 0 bridgehead atoms. The molecule has 1 aromatic carbocycles. The molecule has 3 rings (SSSR count). The van der Waals surface area contributed by atoms with Gasteiger partial charge in [-0.25, -0.2) is 4.98 Å². The molecule has 2 aromatic heterocycles. The van der Waals surface area contributed by atoms with E-state index in [0.717, 1.165) is 36.5 Å². The molecule has 21 heavy (non-hydrogen) atoms. The summed E-state index contributed by atoms with van der Waals surface area (Å²) in [6.07, 6.45) is 0.821. The van der Waals surface area contributed by atoms with Crippen molar-refractivity contribution in [1.29, 1.82) is 0 Å². The molecule has 0 amide bonds. The summed E-state index contributed by atoms with van der Waals surface area (Å²) in [4.78, 5) is 4.79. The van der Waals surface area contributed by atoms with Crippen molar-refractivity contribution in [2.24, 2.45) is 0 Å². The smallest absolute Gasteiger partial charge is 0.111 e. The van der Waals surface area contributed by atoms with Crippen LogP contribution in [0.15, 0.2) is 29.6 Å². The second-order valence-electron chi connectivity index (χ2n) is 4.91. The van der Waals surface area contributed by atoms with Crippen LogP contribution in [-0.4, -0.2) is 25.7 Å². The van der Waals surface area contributed by atoms with Crippen LogP contribution in [-0.2, 0) is 13.0 Å². The van der Waals surface area contributed by atoms with Crippen LogP contribution in [0.2, 0.25) is 0 Å². The average molecular weight is 301 g/mol. The van der Waals surface area contributed by atoms with Gasteiger partial charge in [0.25, 0.3) is 0 Å². The molecule has 110 valence electrons. The molecule has 0 aliphatic rings. The van der Waals surface area contributed by atoms with Gasteiger partial charge in [0.2, 0.25) is 0 Å². The summed E-state index contributed by atoms with van der Waals surface area (Å²) in [5.41, 5.74) is 3.25. The highest BCUT2D eigenvalue weighted by molar-refractivity contribution is 7.03. The van der Waals surface area contributed by atoms with Gasteiger partial charge in [0.1, 0.15) is 5.82 Å². The SMILES string of the molecule is CCNC(Cc1nc2ccccc2n1CC)c1csnn1. The van der Waals surface area contributed by atoms with Gasteiger partial charge in [0.05, 0.1) is 22.8 Å². The second kappa shape index (κ2) is 6.32. The zero-order chi connectivity index (χ0) is 14.7. The monoisotopic (exact) mass is 301 g/mol. The largest absolute Gasteiger partial charge is 0.328 e. The number of rotatable bonds is 6. The van der Waals surface area contributed by atoms with Crippen LogP contribution in [0.3, 0.4) is 0 Å². The van der Waals surface area contributed by atoms with Crippen molar-refractivity contribution in [2.45, 2.75) is 32.9 Å². The highest BCUT2D eigenvalue weighted by Crippen LogP contribution is 2.21. The Morgan fingerprint density at radius 3 is 2.86 bits per heavy atom. The van der Waals surface area contributed by atoms with E-state index in [-0.39, 0.29) is 6.04 Å². The molecule has 0 fully saturated rings. The van der Waals surface area contributed by atoms with Crippen LogP contribution in [0.5, 0.6) is 0 Å². The lowest BCUT2D eigenvalue weighted by molar-refractivity contribution is 0.512. The minimum absolute atomic E-state index is 0.163. The van der Waals surface area contributed by atoms with Gasteiger partial charge < -0.3 is 9.88 Å². The third kappa shape index (κ3) is 2.82. The van der Waals surface area contributed by atoms with E-state index in [4.69, 9.17) is 4.98 Å². The molecule has 6 heteroatoms. The number of nitrogens with one attached hydrogen (secondary N) is 1. The third-order valence-electron chi connectivity index (χ3n) is 3.62. The van der Waals surface area contributed by atoms with Gasteiger partial charge in [-0.1, -0.05) is 23.5 Å². The lowest BCUT2D eigenvalue weighted by atomic mass is 10.1. The van der Waals surface area contributed by atoms with Gasteiger partial charge in [-0.05, 0) is 37.1 Å². The number of benzene rings is 1. The first-order valence-corrected chi connectivity index (χ1v) is 8.11. The number of fused-ring (bicyclic) bond motifs is 1. The maximum Gasteiger partial charge on any atom is 0.111 e. The highest BCUT2D eigenvalue weighted by Gasteiger charge is 2.18. The zero-order valence-corrected chi connectivity index (χ0v) is 13.1. The molecule has 0 aliphatic carbocycles. The Balaban J connectivity index is 1.95. The first-order valence-electron chi connectivity index (χ1n) is 7.28. The van der Waals surface area contributed by atoms with Gasteiger partial charge in [-0.2, -0.15) is 0 Å². The van der Waals surface area contributed by atoms with Gasteiger partial charge in [-0.15, -0.1) is 5.10 Å². The topological polar surface area (TPSA) is 55.6 Å². The Labute approximate surface area is 128 Å². The van der Waals surface area contributed by atoms with Gasteiger partial charge in [-0.3, -0.25) is 0 Å². The molecule has 1 atom stereocenters. The van der Waals surface area contributed by atoms with Crippen LogP contribution in [0.4, 0.5) is 0 Å². The number of likely N-dealkylation sites (N-methyl/N-ethyl adjacent to an activating group) is 1. The molecule has 0 saturated carbocycles. The standard InChI is InChI=1S/C15H19N5S/c1-3-16-12(13-10-21-19-18-13)9-15-17-11-7-5-6-8-14(11)20(15)4-2/h5-8,10,12,16H,3-4,9H2,1-2H3. The predicted molar refractivity (Wildman–Crippen MR) is 85.4 cm³/mol. The maximum absolute atomic E-state index is 4.79. The van der Waals surface area contributed by atoms with Gasteiger partial charge >= 0.3 is 0 Å². The summed E-state index contributed by atoms with van der Waals surface area (Å²) in [5, 5.41) is 9.70. The molecule has 0 spiro atoms. The summed E-state index contributed by atoms with van der Waals surface area (Å²) < 4.78 is 6.25. The van der Waals surface area contributed by atoms with Crippen molar-refractivity contribution in [3.05, 3.63) is 41.2 Å². The fourth-order valence-corrected chi connectivity index (χ4v) is 3.18. The maximum atomic E-state index is 4.79. The summed E-state index contributed by atoms with van der Waals surface area (Å²) in [7, 11) is 0. The first-order chi connectivity index (χ1) is 10.3. The number of imidazole rings is 1. The van der Waals surface area contributed by atoms with E-state index >= 15 is 0 Å². The summed E-state index contributed by atoms with van der Waals surface area (Å²) in [6.45, 7) is 6.08. The van der Waals surface area contributed by atoms with E-state index in [0.29, 0.717) is 0 Å². The Kier molecular flexibility index (Phi) is 4.26. The molecule has 5 nitrogen and oxygen atoms in total. The normalized spacial score (nSPS) is 12.9. The van der Waals surface area contributed by atoms with Crippen LogP contribution < -0.4 is 5.32 Å². The fraction of sp³-hybridized carbons (Fsp3) is 0.400. The molecule has 0 saturated heterocycles. The van der Waals surface area contributed by atoms with E-state index < -0.39 is 0 Å². The second-order valence-corrected chi connectivity index (χ2v) is 5.51. The predicted octanol–water partition coefficient (Wildman–Crippen LogP) is 2.80. The third-order valence-corrected chi connectivity index (χ3v) is 4.14. The summed E-state index contributed by atoms with van der Waals surface area (Å²) in [5.74, 6) is 1.10. The number of hydrogen-bond acceptors (Lipinski definition) is 5. The van der Waals surface area contributed by atoms with Crippen molar-refractivity contribution < 1.29 is 0 Å². The number of aromatic nitrogens is 4. The number of hydrogen-bond donors (Lipinski definition) is 1. The Morgan fingerprint density at radius 2 is 2.14 bits per heavy atom. The van der Waals surface area contributed by atoms with E-state index in [1.54, 1.807) is 0 Å². The first kappa shape index (κ1) is 14.2. The van der Waals surface area contributed by atoms with Crippen molar-refractivity contribution in [1.82, 2.24) is 24.5 Å². The van der Waals surface area contributed by atoms with Crippen LogP contribution in [0.25, 0.3) is 11.0 Å². The molecule has 0 aliphatic heterocycles. The quantitative estimate of drug-likeness (QED) is 0.760. The lowest BCUT2D eigenvalue weighted by Crippen LogP contribution is -2.24. The van der Waals surface area contributed by atoms with Crippen molar-refractivity contribution in [3.8, 4) is 0 Å². The van der Waals surface area contributed by atoms with Crippen molar-refractivity contribution in [2.75, 3.05) is 6.54 Å². The van der Waals surface area contributed by atoms with Gasteiger partial charge in [0.15, 0.2) is 0 Å². The molecule has 0 radical (unpaired) electrons. The van der Waals surface area contributed by atoms with E-state index in [9.17, 15) is 0 Å². The summed E-state index contributed by atoms with van der Waals surface area (Å²) in [6, 6.07) is 8.45. The number of aryl methyl sites for hydroxylation is 1. The molecule has 3 aromatic rings. The van der Waals surface area contributed by atoms with Crippen LogP contribution >= 0.6 is 11.5 Å². The van der Waals surface area contributed by atoms with Crippen LogP contribution in [0, 0.1) is 0 Å². The van der Waals surface area contributed by atoms with E-state index in [1.807, 2.05) is 11.4 Å². The minimum Gasteiger partial charge on any atom is -0.328 e. The van der Waals surface area contributed by atoms with Crippen LogP contribution in [0.1, 0.15) is 31.4 Å². The lowest BCUT2D eigenvalue weighted by Gasteiger charge is -2.15. The Hall–Kier alpha value is -1.79. The molecule has 1 unspecified atom stereocenters. The molecular formula is C15H19N5S. The highest BCUT2D eigenvalue weighted by atomic mass is 32.1. The average Bonchev–Trinajstić information content (AvgIpc) is 3.14. The number of para-hydroxylation sites is 2. The van der Waals surface area contributed by atoms with E-state index in [2.05, 4.69) is 51.5 Å². The fourth-order valence-electron chi connectivity index (χ4n) is 2.67. The zero-order valence-electron chi connectivity index (χ0n) is 12.3. The van der Waals surface area contributed by atoms with Gasteiger partial charge in [0, 0.05) is 18.3 Å². The van der Waals surface area contributed by atoms with Crippen molar-refractivity contribution in [3.63, 3.8) is 0 Å². The molecular weight excluding hydrogens is 282 g/mol. The van der Waals surface area contributed by atoms with Crippen molar-refractivity contribution >= 4 is 22.6 Å². The number of nitrogens with zero attached hydrogens (tertiary/aromatic N) is 4. The minimum atomic E-state index is 0.163. The summed E-state index contributed by atoms with van der Waals surface area (Å²) >= 11 is 1.39. The Bertz CT molecular complexity index is 704. The van der Waals surface area contributed by atoms with E-state index in [1.165, 1.54) is 17.0 Å².